The second-order valence-electron chi connectivity index (χ2n) is 5.72. The fraction of sp³-hybridized carbons (Fsp3) is 0.250. The minimum Gasteiger partial charge on any atom is -0.493 e. The SMILES string of the molecule is CN1CCc2c(-c3ccoc3)cc3c(N=O)c(O)[nH]c3c2C1. The van der Waals surface area contributed by atoms with Crippen molar-refractivity contribution in [3.05, 3.63) is 40.7 Å². The molecule has 0 aliphatic carbocycles. The third kappa shape index (κ3) is 1.77. The number of benzene rings is 1. The van der Waals surface area contributed by atoms with Crippen LogP contribution in [0.3, 0.4) is 0 Å². The maximum absolute atomic E-state index is 11.1. The summed E-state index contributed by atoms with van der Waals surface area (Å²) in [5.74, 6) is -0.176. The van der Waals surface area contributed by atoms with Gasteiger partial charge in [0.15, 0.2) is 5.69 Å². The first-order chi connectivity index (χ1) is 10.7. The zero-order chi connectivity index (χ0) is 15.3. The molecule has 0 radical (unpaired) electrons. The highest BCUT2D eigenvalue weighted by Crippen LogP contribution is 2.42. The van der Waals surface area contributed by atoms with Crippen LogP contribution in [0, 0.1) is 4.91 Å². The Morgan fingerprint density at radius 2 is 2.27 bits per heavy atom. The Morgan fingerprint density at radius 3 is 3.00 bits per heavy atom. The molecule has 0 fully saturated rings. The molecule has 1 aliphatic heterocycles. The second kappa shape index (κ2) is 4.71. The van der Waals surface area contributed by atoms with E-state index in [9.17, 15) is 10.0 Å². The first kappa shape index (κ1) is 13.1. The number of nitrogens with one attached hydrogen (secondary N) is 1. The Hall–Kier alpha value is -2.60. The normalized spacial score (nSPS) is 15.1. The van der Waals surface area contributed by atoms with E-state index in [-0.39, 0.29) is 11.6 Å². The van der Waals surface area contributed by atoms with Crippen molar-refractivity contribution in [1.82, 2.24) is 9.88 Å². The van der Waals surface area contributed by atoms with Gasteiger partial charge in [-0.3, -0.25) is 0 Å². The summed E-state index contributed by atoms with van der Waals surface area (Å²) >= 11 is 0. The molecule has 0 amide bonds. The van der Waals surface area contributed by atoms with Crippen molar-refractivity contribution in [3.63, 3.8) is 0 Å². The van der Waals surface area contributed by atoms with E-state index in [4.69, 9.17) is 4.42 Å². The Labute approximate surface area is 126 Å². The number of hydrogen-bond donors (Lipinski definition) is 2. The summed E-state index contributed by atoms with van der Waals surface area (Å²) < 4.78 is 5.20. The number of aromatic nitrogens is 1. The molecular formula is C16H15N3O3. The summed E-state index contributed by atoms with van der Waals surface area (Å²) in [5.41, 5.74) is 5.20. The number of fused-ring (bicyclic) bond motifs is 3. The molecule has 4 rings (SSSR count). The summed E-state index contributed by atoms with van der Waals surface area (Å²) in [6, 6.07) is 3.82. The topological polar surface area (TPSA) is 81.8 Å². The smallest absolute Gasteiger partial charge is 0.219 e. The molecule has 1 aliphatic rings. The number of furan rings is 1. The molecule has 0 saturated carbocycles. The number of H-pyrrole nitrogens is 1. The van der Waals surface area contributed by atoms with E-state index in [1.165, 1.54) is 5.56 Å². The molecule has 0 atom stereocenters. The van der Waals surface area contributed by atoms with E-state index in [1.54, 1.807) is 12.5 Å². The second-order valence-corrected chi connectivity index (χ2v) is 5.72. The molecule has 2 N–H and O–H groups in total. The van der Waals surface area contributed by atoms with Gasteiger partial charge < -0.3 is 19.4 Å². The standard InChI is InChI=1S/C16H15N3O3/c1-19-4-2-10-11(9-3-5-22-8-9)6-12-14(13(10)7-19)17-16(20)15(12)18-21/h3,5-6,8,17,20H,2,4,7H2,1H3. The van der Waals surface area contributed by atoms with E-state index >= 15 is 0 Å². The lowest BCUT2D eigenvalue weighted by atomic mass is 9.89. The lowest BCUT2D eigenvalue weighted by Gasteiger charge is -2.27. The van der Waals surface area contributed by atoms with Crippen molar-refractivity contribution in [3.8, 4) is 17.0 Å². The van der Waals surface area contributed by atoms with Crippen LogP contribution in [-0.4, -0.2) is 28.6 Å². The fourth-order valence-corrected chi connectivity index (χ4v) is 3.29. The van der Waals surface area contributed by atoms with Gasteiger partial charge in [-0.2, -0.15) is 0 Å². The number of nitroso groups, excluding NO2 is 1. The van der Waals surface area contributed by atoms with Crippen molar-refractivity contribution >= 4 is 16.6 Å². The molecule has 0 bridgehead atoms. The van der Waals surface area contributed by atoms with Crippen molar-refractivity contribution in [1.29, 1.82) is 0 Å². The van der Waals surface area contributed by atoms with Crippen LogP contribution in [-0.2, 0) is 13.0 Å². The zero-order valence-electron chi connectivity index (χ0n) is 12.1. The fourth-order valence-electron chi connectivity index (χ4n) is 3.29. The molecule has 0 spiro atoms. The molecule has 22 heavy (non-hydrogen) atoms. The number of hydrogen-bond acceptors (Lipinski definition) is 5. The van der Waals surface area contributed by atoms with Gasteiger partial charge in [0.05, 0.1) is 18.0 Å². The molecule has 0 saturated heterocycles. The average Bonchev–Trinajstić information content (AvgIpc) is 3.13. The molecule has 1 aromatic carbocycles. The summed E-state index contributed by atoms with van der Waals surface area (Å²) in [6.07, 6.45) is 4.24. The van der Waals surface area contributed by atoms with Crippen LogP contribution in [0.25, 0.3) is 22.0 Å². The minimum atomic E-state index is -0.176. The van der Waals surface area contributed by atoms with Gasteiger partial charge >= 0.3 is 0 Å². The quantitative estimate of drug-likeness (QED) is 0.709. The molecule has 3 aromatic rings. The predicted octanol–water partition coefficient (Wildman–Crippen LogP) is 3.52. The average molecular weight is 297 g/mol. The number of likely N-dealkylation sites (N-methyl/N-ethyl adjacent to an activating group) is 1. The lowest BCUT2D eigenvalue weighted by molar-refractivity contribution is 0.314. The van der Waals surface area contributed by atoms with E-state index in [2.05, 4.69) is 22.1 Å². The van der Waals surface area contributed by atoms with Gasteiger partial charge in [0.25, 0.3) is 0 Å². The van der Waals surface area contributed by atoms with Crippen LogP contribution in [0.1, 0.15) is 11.1 Å². The largest absolute Gasteiger partial charge is 0.493 e. The van der Waals surface area contributed by atoms with Gasteiger partial charge in [0.2, 0.25) is 5.88 Å². The summed E-state index contributed by atoms with van der Waals surface area (Å²) in [7, 11) is 2.06. The maximum atomic E-state index is 11.1. The molecule has 112 valence electrons. The first-order valence-corrected chi connectivity index (χ1v) is 7.13. The number of aromatic amines is 1. The van der Waals surface area contributed by atoms with Crippen molar-refractivity contribution in [2.24, 2.45) is 5.18 Å². The number of nitrogens with zero attached hydrogens (tertiary/aromatic N) is 2. The van der Waals surface area contributed by atoms with Gasteiger partial charge in [-0.25, -0.2) is 0 Å². The van der Waals surface area contributed by atoms with Gasteiger partial charge in [0.1, 0.15) is 0 Å². The summed E-state index contributed by atoms with van der Waals surface area (Å²) in [6.45, 7) is 1.73. The van der Waals surface area contributed by atoms with Gasteiger partial charge in [-0.15, -0.1) is 4.91 Å². The Balaban J connectivity index is 2.09. The van der Waals surface area contributed by atoms with Gasteiger partial charge in [-0.1, -0.05) is 0 Å². The van der Waals surface area contributed by atoms with Crippen LogP contribution >= 0.6 is 0 Å². The molecule has 3 heterocycles. The molecular weight excluding hydrogens is 282 g/mol. The molecule has 6 heteroatoms. The van der Waals surface area contributed by atoms with Crippen LogP contribution in [0.5, 0.6) is 5.88 Å². The number of aromatic hydroxyl groups is 1. The zero-order valence-corrected chi connectivity index (χ0v) is 12.1. The monoisotopic (exact) mass is 297 g/mol. The first-order valence-electron chi connectivity index (χ1n) is 7.13. The van der Waals surface area contributed by atoms with Crippen LogP contribution < -0.4 is 0 Å². The third-order valence-electron chi connectivity index (χ3n) is 4.37. The summed E-state index contributed by atoms with van der Waals surface area (Å²) in [5, 5.41) is 13.6. The van der Waals surface area contributed by atoms with Crippen LogP contribution in [0.15, 0.2) is 34.3 Å². The summed E-state index contributed by atoms with van der Waals surface area (Å²) in [4.78, 5) is 16.2. The highest BCUT2D eigenvalue weighted by atomic mass is 16.3. The predicted molar refractivity (Wildman–Crippen MR) is 83.2 cm³/mol. The highest BCUT2D eigenvalue weighted by Gasteiger charge is 2.24. The molecule has 6 nitrogen and oxygen atoms in total. The lowest BCUT2D eigenvalue weighted by Crippen LogP contribution is -2.27. The van der Waals surface area contributed by atoms with Crippen molar-refractivity contribution < 1.29 is 9.52 Å². The maximum Gasteiger partial charge on any atom is 0.219 e. The molecule has 0 unspecified atom stereocenters. The van der Waals surface area contributed by atoms with Crippen LogP contribution in [0.2, 0.25) is 0 Å². The van der Waals surface area contributed by atoms with Crippen molar-refractivity contribution in [2.45, 2.75) is 13.0 Å². The van der Waals surface area contributed by atoms with E-state index in [0.717, 1.165) is 41.7 Å². The third-order valence-corrected chi connectivity index (χ3v) is 4.37. The molecule has 2 aromatic heterocycles. The number of rotatable bonds is 2. The Bertz CT molecular complexity index is 865. The highest BCUT2D eigenvalue weighted by molar-refractivity contribution is 6.00. The van der Waals surface area contributed by atoms with E-state index in [0.29, 0.717) is 5.39 Å². The van der Waals surface area contributed by atoms with E-state index < -0.39 is 0 Å². The van der Waals surface area contributed by atoms with Crippen LogP contribution in [0.4, 0.5) is 5.69 Å². The Kier molecular flexibility index (Phi) is 2.80. The van der Waals surface area contributed by atoms with Gasteiger partial charge in [-0.05, 0) is 47.5 Å². The Morgan fingerprint density at radius 1 is 1.41 bits per heavy atom. The minimum absolute atomic E-state index is 0.0655. The van der Waals surface area contributed by atoms with Gasteiger partial charge in [0, 0.05) is 24.0 Å². The van der Waals surface area contributed by atoms with E-state index in [1.807, 2.05) is 12.1 Å². The van der Waals surface area contributed by atoms with Crippen molar-refractivity contribution in [2.75, 3.05) is 13.6 Å².